The minimum atomic E-state index is -3.45. The summed E-state index contributed by atoms with van der Waals surface area (Å²) in [5.74, 6) is -7.34. The summed E-state index contributed by atoms with van der Waals surface area (Å²) >= 11 is 0. The summed E-state index contributed by atoms with van der Waals surface area (Å²) in [4.78, 5) is 16.6. The fourth-order valence-electron chi connectivity index (χ4n) is 4.16. The number of benzene rings is 1. The highest BCUT2D eigenvalue weighted by molar-refractivity contribution is 5.92. The van der Waals surface area contributed by atoms with Gasteiger partial charge in [0.05, 0.1) is 5.52 Å². The Morgan fingerprint density at radius 2 is 1.93 bits per heavy atom. The number of rotatable bonds is 4. The van der Waals surface area contributed by atoms with E-state index in [1.807, 2.05) is 6.92 Å². The van der Waals surface area contributed by atoms with Gasteiger partial charge in [-0.25, -0.2) is 26.9 Å². The third-order valence-electron chi connectivity index (χ3n) is 6.35. The number of hydrogen-bond donors (Lipinski definition) is 1. The van der Waals surface area contributed by atoms with Gasteiger partial charge < -0.3 is 4.57 Å². The zero-order chi connectivity index (χ0) is 20.5. The molecule has 2 fully saturated rings. The van der Waals surface area contributed by atoms with Crippen LogP contribution in [0.3, 0.4) is 0 Å². The number of halogens is 5. The summed E-state index contributed by atoms with van der Waals surface area (Å²) in [6, 6.07) is 2.27. The Labute approximate surface area is 158 Å². The van der Waals surface area contributed by atoms with E-state index in [4.69, 9.17) is 0 Å². The maximum atomic E-state index is 14.5. The molecule has 0 saturated heterocycles. The molecule has 0 radical (unpaired) electrons. The molecule has 9 heteroatoms. The minimum absolute atomic E-state index is 0.0124. The summed E-state index contributed by atoms with van der Waals surface area (Å²) in [6.45, 7) is 2.64. The van der Waals surface area contributed by atoms with Gasteiger partial charge in [-0.15, -0.1) is 0 Å². The molecule has 1 aromatic heterocycles. The van der Waals surface area contributed by atoms with Gasteiger partial charge in [0.25, 0.3) is 5.92 Å². The highest BCUT2D eigenvalue weighted by atomic mass is 19.3. The molecule has 28 heavy (non-hydrogen) atoms. The van der Waals surface area contributed by atoms with Crippen LogP contribution in [0, 0.1) is 17.6 Å². The van der Waals surface area contributed by atoms with Gasteiger partial charge in [-0.2, -0.15) is 0 Å². The lowest BCUT2D eigenvalue weighted by Crippen LogP contribution is -2.60. The van der Waals surface area contributed by atoms with Crippen molar-refractivity contribution in [3.05, 3.63) is 23.8 Å². The number of aromatic nitrogens is 2. The van der Waals surface area contributed by atoms with Crippen LogP contribution in [0.4, 0.5) is 27.9 Å². The van der Waals surface area contributed by atoms with Crippen molar-refractivity contribution < 1.29 is 26.7 Å². The number of anilines is 1. The summed E-state index contributed by atoms with van der Waals surface area (Å²) in [5.41, 5.74) is -3.18. The predicted molar refractivity (Wildman–Crippen MR) is 93.0 cm³/mol. The number of nitrogens with zero attached hydrogens (tertiary/aromatic N) is 2. The van der Waals surface area contributed by atoms with E-state index in [9.17, 15) is 26.7 Å². The lowest BCUT2D eigenvalue weighted by Gasteiger charge is -2.47. The molecular weight excluding hydrogens is 381 g/mol. The molecule has 152 valence electrons. The SMILES string of the molecule is CC1(n2c(NC(=O)CC3CC(F)(F)C3(C)F)nc3ccc(F)c(F)c32)CCC1. The van der Waals surface area contributed by atoms with Crippen molar-refractivity contribution in [2.45, 2.75) is 63.1 Å². The molecule has 2 atom stereocenters. The van der Waals surface area contributed by atoms with Crippen molar-refractivity contribution in [2.24, 2.45) is 5.92 Å². The molecule has 1 amide bonds. The van der Waals surface area contributed by atoms with E-state index in [1.54, 1.807) is 0 Å². The Kier molecular flexibility index (Phi) is 4.04. The summed E-state index contributed by atoms with van der Waals surface area (Å²) in [5, 5.41) is 2.50. The van der Waals surface area contributed by atoms with Crippen LogP contribution in [0.25, 0.3) is 11.0 Å². The quantitative estimate of drug-likeness (QED) is 0.739. The Bertz CT molecular complexity index is 964. The van der Waals surface area contributed by atoms with Crippen molar-refractivity contribution in [1.29, 1.82) is 0 Å². The monoisotopic (exact) mass is 401 g/mol. The number of carbonyl (C=O) groups excluding carboxylic acids is 1. The number of fused-ring (bicyclic) bond motifs is 1. The molecule has 2 aliphatic carbocycles. The third-order valence-corrected chi connectivity index (χ3v) is 6.35. The zero-order valence-electron chi connectivity index (χ0n) is 15.5. The van der Waals surface area contributed by atoms with Crippen molar-refractivity contribution in [3.8, 4) is 0 Å². The summed E-state index contributed by atoms with van der Waals surface area (Å²) in [7, 11) is 0. The first-order valence-corrected chi connectivity index (χ1v) is 9.20. The summed E-state index contributed by atoms with van der Waals surface area (Å²) in [6.07, 6.45) is 1.11. The van der Waals surface area contributed by atoms with Gasteiger partial charge in [-0.3, -0.25) is 10.1 Å². The summed E-state index contributed by atoms with van der Waals surface area (Å²) < 4.78 is 70.5. The van der Waals surface area contributed by atoms with Crippen LogP contribution in [0.1, 0.15) is 46.0 Å². The number of amides is 1. The second kappa shape index (κ2) is 5.90. The van der Waals surface area contributed by atoms with Crippen molar-refractivity contribution in [1.82, 2.24) is 9.55 Å². The Morgan fingerprint density at radius 1 is 1.25 bits per heavy atom. The average Bonchev–Trinajstić information content (AvgIpc) is 2.94. The van der Waals surface area contributed by atoms with Gasteiger partial charge in [-0.05, 0) is 45.2 Å². The first-order chi connectivity index (χ1) is 13.0. The standard InChI is InChI=1S/C19H20F5N3O/c1-17(6-3-7-17)27-15-12(5-4-11(20)14(15)21)25-16(27)26-13(28)8-10-9-19(23,24)18(10,2)22/h4-5,10H,3,6-9H2,1-2H3,(H,25,26,28). The number of hydrogen-bond acceptors (Lipinski definition) is 2. The van der Waals surface area contributed by atoms with Crippen LogP contribution in [0.2, 0.25) is 0 Å². The molecule has 4 nitrogen and oxygen atoms in total. The van der Waals surface area contributed by atoms with E-state index in [0.29, 0.717) is 12.8 Å². The van der Waals surface area contributed by atoms with Crippen molar-refractivity contribution in [2.75, 3.05) is 5.32 Å². The largest absolute Gasteiger partial charge is 0.301 e. The maximum Gasteiger partial charge on any atom is 0.281 e. The average molecular weight is 401 g/mol. The first-order valence-electron chi connectivity index (χ1n) is 9.20. The second-order valence-corrected chi connectivity index (χ2v) is 8.28. The first kappa shape index (κ1) is 19.1. The molecule has 0 aliphatic heterocycles. The maximum absolute atomic E-state index is 14.5. The highest BCUT2D eigenvalue weighted by Crippen LogP contribution is 2.55. The predicted octanol–water partition coefficient (Wildman–Crippen LogP) is 4.93. The smallest absolute Gasteiger partial charge is 0.281 e. The fraction of sp³-hybridized carbons (Fsp3) is 0.579. The number of imidazole rings is 1. The fourth-order valence-corrected chi connectivity index (χ4v) is 4.16. The molecule has 1 N–H and O–H groups in total. The van der Waals surface area contributed by atoms with E-state index in [0.717, 1.165) is 19.4 Å². The second-order valence-electron chi connectivity index (χ2n) is 8.28. The normalized spacial score (nSPS) is 27.9. The van der Waals surface area contributed by atoms with Gasteiger partial charge in [-0.1, -0.05) is 0 Å². The molecule has 1 aromatic carbocycles. The van der Waals surface area contributed by atoms with Crippen molar-refractivity contribution in [3.63, 3.8) is 0 Å². The van der Waals surface area contributed by atoms with Crippen molar-refractivity contribution >= 4 is 22.9 Å². The molecule has 2 unspecified atom stereocenters. The van der Waals surface area contributed by atoms with Crippen LogP contribution >= 0.6 is 0 Å². The molecule has 0 bridgehead atoms. The van der Waals surface area contributed by atoms with E-state index < -0.39 is 53.4 Å². The minimum Gasteiger partial charge on any atom is -0.301 e. The Hall–Kier alpha value is -2.19. The van der Waals surface area contributed by atoms with Gasteiger partial charge in [0.2, 0.25) is 11.9 Å². The molecule has 4 rings (SSSR count). The van der Waals surface area contributed by atoms with Crippen LogP contribution < -0.4 is 5.32 Å². The van der Waals surface area contributed by atoms with E-state index >= 15 is 0 Å². The zero-order valence-corrected chi connectivity index (χ0v) is 15.5. The number of alkyl halides is 3. The van der Waals surface area contributed by atoms with E-state index in [2.05, 4.69) is 10.3 Å². The lowest BCUT2D eigenvalue weighted by atomic mass is 9.67. The van der Waals surface area contributed by atoms with Crippen LogP contribution in [-0.2, 0) is 10.3 Å². The molecule has 2 aromatic rings. The number of nitrogens with one attached hydrogen (secondary N) is 1. The number of carbonyl (C=O) groups is 1. The van der Waals surface area contributed by atoms with Crippen LogP contribution in [0.15, 0.2) is 12.1 Å². The van der Waals surface area contributed by atoms with Gasteiger partial charge in [0, 0.05) is 24.3 Å². The van der Waals surface area contributed by atoms with Gasteiger partial charge >= 0.3 is 0 Å². The lowest BCUT2D eigenvalue weighted by molar-refractivity contribution is -0.242. The van der Waals surface area contributed by atoms with Gasteiger partial charge in [0.15, 0.2) is 17.3 Å². The molecule has 2 aliphatic rings. The molecule has 1 heterocycles. The van der Waals surface area contributed by atoms with E-state index in [-0.39, 0.29) is 17.0 Å². The van der Waals surface area contributed by atoms with E-state index in [1.165, 1.54) is 10.6 Å². The highest BCUT2D eigenvalue weighted by Gasteiger charge is 2.66. The van der Waals surface area contributed by atoms with Gasteiger partial charge in [0.1, 0.15) is 5.52 Å². The Balaban J connectivity index is 1.65. The topological polar surface area (TPSA) is 46.9 Å². The third kappa shape index (κ3) is 2.62. The molecular formula is C19H20F5N3O. The Morgan fingerprint density at radius 3 is 2.46 bits per heavy atom. The molecule has 0 spiro atoms. The van der Waals surface area contributed by atoms with Crippen LogP contribution in [-0.4, -0.2) is 27.0 Å². The molecule has 2 saturated carbocycles. The van der Waals surface area contributed by atoms with Crippen LogP contribution in [0.5, 0.6) is 0 Å².